The number of rotatable bonds is 6. The van der Waals surface area contributed by atoms with E-state index in [-0.39, 0.29) is 0 Å². The predicted molar refractivity (Wildman–Crippen MR) is 89.4 cm³/mol. The second kappa shape index (κ2) is 6.82. The van der Waals surface area contributed by atoms with Gasteiger partial charge in [-0.2, -0.15) is 0 Å². The maximum atomic E-state index is 12.3. The van der Waals surface area contributed by atoms with E-state index in [4.69, 9.17) is 0 Å². The number of likely N-dealkylation sites (tertiary alicyclic amines) is 1. The number of benzene rings is 1. The monoisotopic (exact) mass is 300 g/mol. The second-order valence-electron chi connectivity index (χ2n) is 7.10. The average molecular weight is 300 g/mol. The molecule has 22 heavy (non-hydrogen) atoms. The summed E-state index contributed by atoms with van der Waals surface area (Å²) in [5.41, 5.74) is 1.39. The molecule has 1 aliphatic carbocycles. The van der Waals surface area contributed by atoms with Crippen molar-refractivity contribution in [3.05, 3.63) is 35.9 Å². The van der Waals surface area contributed by atoms with Gasteiger partial charge < -0.3 is 4.90 Å². The topological polar surface area (TPSA) is 23.6 Å². The number of carbonyl (C=O) groups is 1. The summed E-state index contributed by atoms with van der Waals surface area (Å²) < 4.78 is 0. The first kappa shape index (κ1) is 15.5. The van der Waals surface area contributed by atoms with E-state index < -0.39 is 0 Å². The van der Waals surface area contributed by atoms with Crippen LogP contribution in [0.15, 0.2) is 30.3 Å². The van der Waals surface area contributed by atoms with Gasteiger partial charge in [0, 0.05) is 32.6 Å². The van der Waals surface area contributed by atoms with Crippen LogP contribution in [0.3, 0.4) is 0 Å². The summed E-state index contributed by atoms with van der Waals surface area (Å²) in [6.07, 6.45) is 3.48. The fourth-order valence-electron chi connectivity index (χ4n) is 3.81. The van der Waals surface area contributed by atoms with E-state index >= 15 is 0 Å². The Labute approximate surface area is 134 Å². The maximum Gasteiger partial charge on any atom is 0.225 e. The summed E-state index contributed by atoms with van der Waals surface area (Å²) in [4.78, 5) is 16.9. The highest BCUT2D eigenvalue weighted by atomic mass is 16.2. The summed E-state index contributed by atoms with van der Waals surface area (Å²) >= 11 is 0. The molecule has 2 fully saturated rings. The normalized spacial score (nSPS) is 27.8. The van der Waals surface area contributed by atoms with E-state index in [1.54, 1.807) is 0 Å². The molecule has 1 amide bonds. The first-order chi connectivity index (χ1) is 10.7. The molecule has 0 bridgehead atoms. The molecule has 1 unspecified atom stereocenters. The minimum Gasteiger partial charge on any atom is -0.345 e. The molecule has 120 valence electrons. The molecule has 0 aromatic heterocycles. The van der Waals surface area contributed by atoms with Gasteiger partial charge in [0.05, 0.1) is 0 Å². The lowest BCUT2D eigenvalue weighted by atomic mass is 10.1. The van der Waals surface area contributed by atoms with Crippen LogP contribution < -0.4 is 0 Å². The molecule has 3 heteroatoms. The number of nitrogens with zero attached hydrogens (tertiary/aromatic N) is 2. The van der Waals surface area contributed by atoms with E-state index in [0.29, 0.717) is 23.7 Å². The Balaban J connectivity index is 1.44. The third kappa shape index (κ3) is 3.70. The van der Waals surface area contributed by atoms with Crippen molar-refractivity contribution in [1.82, 2.24) is 9.80 Å². The Morgan fingerprint density at radius 3 is 2.77 bits per heavy atom. The molecular weight excluding hydrogens is 272 g/mol. The standard InChI is InChI=1S/C19H28N2O/c1-3-17-11-18(17)19(22)20(2)12-16-9-10-21(14-16)13-15-7-5-4-6-8-15/h4-8,16-18H,3,9-14H2,1-2H3/t16?,17-,18-/m1/s1. The largest absolute Gasteiger partial charge is 0.345 e. The van der Waals surface area contributed by atoms with Crippen LogP contribution in [0.4, 0.5) is 0 Å². The van der Waals surface area contributed by atoms with Crippen LogP contribution in [-0.2, 0) is 11.3 Å². The Hall–Kier alpha value is -1.35. The van der Waals surface area contributed by atoms with Crippen molar-refractivity contribution in [2.75, 3.05) is 26.7 Å². The highest BCUT2D eigenvalue weighted by Gasteiger charge is 2.43. The minimum absolute atomic E-state index is 0.330. The molecule has 1 saturated carbocycles. The fraction of sp³-hybridized carbons (Fsp3) is 0.632. The lowest BCUT2D eigenvalue weighted by molar-refractivity contribution is -0.132. The molecule has 1 aliphatic heterocycles. The Kier molecular flexibility index (Phi) is 4.82. The van der Waals surface area contributed by atoms with E-state index in [9.17, 15) is 4.79 Å². The van der Waals surface area contributed by atoms with Crippen molar-refractivity contribution >= 4 is 5.91 Å². The van der Waals surface area contributed by atoms with E-state index in [2.05, 4.69) is 42.2 Å². The van der Waals surface area contributed by atoms with Gasteiger partial charge in [-0.15, -0.1) is 0 Å². The smallest absolute Gasteiger partial charge is 0.225 e. The van der Waals surface area contributed by atoms with Gasteiger partial charge in [-0.05, 0) is 36.8 Å². The summed E-state index contributed by atoms with van der Waals surface area (Å²) in [6, 6.07) is 10.7. The van der Waals surface area contributed by atoms with Crippen LogP contribution in [0.2, 0.25) is 0 Å². The molecule has 3 nitrogen and oxygen atoms in total. The first-order valence-electron chi connectivity index (χ1n) is 8.68. The summed E-state index contributed by atoms with van der Waals surface area (Å²) in [5.74, 6) is 2.01. The molecular formula is C19H28N2O. The van der Waals surface area contributed by atoms with Gasteiger partial charge in [-0.3, -0.25) is 9.69 Å². The molecule has 1 aromatic rings. The van der Waals surface area contributed by atoms with Crippen LogP contribution in [-0.4, -0.2) is 42.4 Å². The van der Waals surface area contributed by atoms with Crippen LogP contribution in [0.5, 0.6) is 0 Å². The predicted octanol–water partition coefficient (Wildman–Crippen LogP) is 3.01. The number of carbonyl (C=O) groups excluding carboxylic acids is 1. The number of hydrogen-bond donors (Lipinski definition) is 0. The molecule has 0 spiro atoms. The van der Waals surface area contributed by atoms with Crippen molar-refractivity contribution in [3.8, 4) is 0 Å². The van der Waals surface area contributed by atoms with Gasteiger partial charge >= 0.3 is 0 Å². The zero-order valence-corrected chi connectivity index (χ0v) is 13.9. The van der Waals surface area contributed by atoms with Crippen LogP contribution in [0, 0.1) is 17.8 Å². The lowest BCUT2D eigenvalue weighted by Crippen LogP contribution is -2.34. The summed E-state index contributed by atoms with van der Waals surface area (Å²) in [6.45, 7) is 6.43. The van der Waals surface area contributed by atoms with Crippen LogP contribution in [0.1, 0.15) is 31.7 Å². The van der Waals surface area contributed by atoms with Crippen molar-refractivity contribution in [2.45, 2.75) is 32.7 Å². The molecule has 0 radical (unpaired) electrons. The van der Waals surface area contributed by atoms with Crippen LogP contribution >= 0.6 is 0 Å². The SMILES string of the molecule is CC[C@@H]1C[C@H]1C(=O)N(C)CC1CCN(Cc2ccccc2)C1. The molecule has 2 aliphatic rings. The quantitative estimate of drug-likeness (QED) is 0.806. The van der Waals surface area contributed by atoms with Crippen LogP contribution in [0.25, 0.3) is 0 Å². The number of amides is 1. The zero-order chi connectivity index (χ0) is 15.5. The molecule has 0 N–H and O–H groups in total. The Bertz CT molecular complexity index is 501. The average Bonchev–Trinajstić information content (AvgIpc) is 3.21. The highest BCUT2D eigenvalue weighted by Crippen LogP contribution is 2.42. The molecule has 1 heterocycles. The second-order valence-corrected chi connectivity index (χ2v) is 7.10. The molecule has 1 aromatic carbocycles. The fourth-order valence-corrected chi connectivity index (χ4v) is 3.81. The summed E-state index contributed by atoms with van der Waals surface area (Å²) in [7, 11) is 1.99. The van der Waals surface area contributed by atoms with E-state index in [1.165, 1.54) is 12.0 Å². The Morgan fingerprint density at radius 1 is 1.32 bits per heavy atom. The first-order valence-corrected chi connectivity index (χ1v) is 8.68. The summed E-state index contributed by atoms with van der Waals surface area (Å²) in [5, 5.41) is 0. The van der Waals surface area contributed by atoms with Gasteiger partial charge in [-0.25, -0.2) is 0 Å². The van der Waals surface area contributed by atoms with Gasteiger partial charge in [0.25, 0.3) is 0 Å². The zero-order valence-electron chi connectivity index (χ0n) is 13.9. The van der Waals surface area contributed by atoms with Gasteiger partial charge in [0.15, 0.2) is 0 Å². The van der Waals surface area contributed by atoms with E-state index in [0.717, 1.165) is 39.0 Å². The van der Waals surface area contributed by atoms with E-state index in [1.807, 2.05) is 11.9 Å². The third-order valence-electron chi connectivity index (χ3n) is 5.29. The van der Waals surface area contributed by atoms with Gasteiger partial charge in [-0.1, -0.05) is 43.7 Å². The Morgan fingerprint density at radius 2 is 2.09 bits per heavy atom. The molecule has 3 rings (SSSR count). The van der Waals surface area contributed by atoms with Crippen molar-refractivity contribution in [3.63, 3.8) is 0 Å². The number of hydrogen-bond acceptors (Lipinski definition) is 2. The highest BCUT2D eigenvalue weighted by molar-refractivity contribution is 5.81. The minimum atomic E-state index is 0.330. The van der Waals surface area contributed by atoms with Gasteiger partial charge in [0.2, 0.25) is 5.91 Å². The van der Waals surface area contributed by atoms with Crippen molar-refractivity contribution in [2.24, 2.45) is 17.8 Å². The molecule has 1 saturated heterocycles. The van der Waals surface area contributed by atoms with Crippen molar-refractivity contribution in [1.29, 1.82) is 0 Å². The maximum absolute atomic E-state index is 12.3. The van der Waals surface area contributed by atoms with Crippen molar-refractivity contribution < 1.29 is 4.79 Å². The lowest BCUT2D eigenvalue weighted by Gasteiger charge is -2.22. The van der Waals surface area contributed by atoms with Gasteiger partial charge in [0.1, 0.15) is 0 Å². The molecule has 3 atom stereocenters. The third-order valence-corrected chi connectivity index (χ3v) is 5.29.